The maximum absolute atomic E-state index is 10.7. The van der Waals surface area contributed by atoms with Gasteiger partial charge in [-0.15, -0.1) is 6.58 Å². The molecule has 1 aromatic carbocycles. The van der Waals surface area contributed by atoms with Gasteiger partial charge in [0.2, 0.25) is 0 Å². The van der Waals surface area contributed by atoms with E-state index in [0.717, 1.165) is 12.1 Å². The van der Waals surface area contributed by atoms with Crippen LogP contribution >= 0.6 is 11.6 Å². The molecular formula is C29H46ClNO5. The Kier molecular flexibility index (Phi) is 29.5. The highest BCUT2D eigenvalue weighted by atomic mass is 35.5. The predicted molar refractivity (Wildman–Crippen MR) is 153 cm³/mol. The summed E-state index contributed by atoms with van der Waals surface area (Å²) in [7, 11) is 0. The Bertz CT molecular complexity index is 814. The van der Waals surface area contributed by atoms with Crippen molar-refractivity contribution in [3.63, 3.8) is 0 Å². The van der Waals surface area contributed by atoms with E-state index in [2.05, 4.69) is 6.58 Å². The molecule has 6 nitrogen and oxygen atoms in total. The lowest BCUT2D eigenvalue weighted by Crippen LogP contribution is -2.11. The lowest BCUT2D eigenvalue weighted by atomic mass is 10.2. The number of benzene rings is 1. The quantitative estimate of drug-likeness (QED) is 0.118. The number of nitrogens with two attached hydrogens (primary N) is 1. The van der Waals surface area contributed by atoms with Gasteiger partial charge in [-0.25, -0.2) is 4.79 Å². The maximum atomic E-state index is 10.7. The van der Waals surface area contributed by atoms with E-state index in [1.807, 2.05) is 84.9 Å². The molecule has 0 aliphatic heterocycles. The van der Waals surface area contributed by atoms with Gasteiger partial charge in [0.15, 0.2) is 6.61 Å². The molecule has 0 unspecified atom stereocenters. The van der Waals surface area contributed by atoms with Crippen molar-refractivity contribution < 1.29 is 24.1 Å². The van der Waals surface area contributed by atoms with Gasteiger partial charge in [0, 0.05) is 11.3 Å². The third kappa shape index (κ3) is 21.6. The first-order valence-electron chi connectivity index (χ1n) is 12.2. The van der Waals surface area contributed by atoms with Crippen LogP contribution in [-0.4, -0.2) is 30.9 Å². The molecule has 36 heavy (non-hydrogen) atoms. The molecule has 1 aromatic rings. The zero-order valence-corrected chi connectivity index (χ0v) is 23.8. The van der Waals surface area contributed by atoms with E-state index in [1.165, 1.54) is 0 Å². The van der Waals surface area contributed by atoms with Gasteiger partial charge in [-0.1, -0.05) is 75.7 Å². The summed E-state index contributed by atoms with van der Waals surface area (Å²) in [5.74, 6) is -0.114. The van der Waals surface area contributed by atoms with E-state index in [9.17, 15) is 4.79 Å². The fraction of sp³-hybridized carbons (Fsp3) is 0.414. The monoisotopic (exact) mass is 523 g/mol. The summed E-state index contributed by atoms with van der Waals surface area (Å²) in [6.45, 7) is 18.1. The van der Waals surface area contributed by atoms with Crippen molar-refractivity contribution in [2.45, 2.75) is 61.5 Å². The molecule has 0 aliphatic rings. The number of halogens is 1. The zero-order chi connectivity index (χ0) is 28.2. The van der Waals surface area contributed by atoms with Crippen molar-refractivity contribution in [3.8, 4) is 5.75 Å². The molecule has 0 saturated carbocycles. The number of hydrogen-bond acceptors (Lipinski definition) is 5. The molecule has 0 heterocycles. The van der Waals surface area contributed by atoms with Crippen LogP contribution in [0.1, 0.15) is 60.5 Å². The van der Waals surface area contributed by atoms with Gasteiger partial charge < -0.3 is 25.1 Å². The van der Waals surface area contributed by atoms with Crippen molar-refractivity contribution >= 4 is 17.6 Å². The second kappa shape index (κ2) is 28.3. The summed E-state index contributed by atoms with van der Waals surface area (Å²) < 4.78 is 16.5. The predicted octanol–water partition coefficient (Wildman–Crippen LogP) is 7.85. The molecule has 0 radical (unpaired) electrons. The summed E-state index contributed by atoms with van der Waals surface area (Å²) in [5.41, 5.74) is 6.84. The van der Waals surface area contributed by atoms with Crippen molar-refractivity contribution in [2.24, 2.45) is 5.73 Å². The molecule has 0 spiro atoms. The lowest BCUT2D eigenvalue weighted by Gasteiger charge is -2.13. The first-order valence-corrected chi connectivity index (χ1v) is 12.6. The van der Waals surface area contributed by atoms with Crippen LogP contribution in [0, 0.1) is 0 Å². The van der Waals surface area contributed by atoms with Gasteiger partial charge in [-0.05, 0) is 51.5 Å². The maximum Gasteiger partial charge on any atom is 0.341 e. The first kappa shape index (κ1) is 37.6. The molecular weight excluding hydrogens is 478 g/mol. The standard InChI is InChI=1S/C19H23ClO5.C6H11N.2C2H6/c1-3-5-11-23-12-10-16(7-4-2)24-13-15-8-6-9-17(20)19(15)25-14-18(21)22;1-3-5-6(7)4-2;2*1-2/h3-4,6-10H,1,5,11-14H2,2H3,(H,21,22);3-5H,7H2,1-2H3;2*1-2H3/b7-4-,16-10+;5-3-,6-4+;;. The average Bonchev–Trinajstić information content (AvgIpc) is 2.89. The van der Waals surface area contributed by atoms with Crippen LogP contribution < -0.4 is 10.5 Å². The topological polar surface area (TPSA) is 91.0 Å². The van der Waals surface area contributed by atoms with Gasteiger partial charge in [0.25, 0.3) is 0 Å². The highest BCUT2D eigenvalue weighted by Gasteiger charge is 2.11. The highest BCUT2D eigenvalue weighted by Crippen LogP contribution is 2.29. The number of ether oxygens (including phenoxy) is 3. The van der Waals surface area contributed by atoms with Gasteiger partial charge in [-0.2, -0.15) is 0 Å². The Labute approximate surface area is 223 Å². The summed E-state index contributed by atoms with van der Waals surface area (Å²) in [5, 5.41) is 9.11. The molecule has 0 saturated heterocycles. The molecule has 1 rings (SSSR count). The van der Waals surface area contributed by atoms with E-state index in [1.54, 1.807) is 24.3 Å². The summed E-state index contributed by atoms with van der Waals surface area (Å²) in [4.78, 5) is 10.7. The van der Waals surface area contributed by atoms with Crippen molar-refractivity contribution in [1.29, 1.82) is 0 Å². The molecule has 7 heteroatoms. The highest BCUT2D eigenvalue weighted by molar-refractivity contribution is 6.32. The van der Waals surface area contributed by atoms with Crippen molar-refractivity contribution in [3.05, 3.63) is 89.4 Å². The fourth-order valence-electron chi connectivity index (χ4n) is 2.14. The second-order valence-electron chi connectivity index (χ2n) is 6.25. The molecule has 204 valence electrons. The lowest BCUT2D eigenvalue weighted by molar-refractivity contribution is -0.139. The SMILES string of the molecule is C/C=C\C(N)=C/C.C=CCCOC/C=C(\C=C/C)OCc1cccc(Cl)c1OCC(=O)O.CC.CC. The van der Waals surface area contributed by atoms with Crippen LogP contribution in [0.3, 0.4) is 0 Å². The minimum atomic E-state index is -1.07. The normalized spacial score (nSPS) is 10.9. The third-order valence-electron chi connectivity index (χ3n) is 3.67. The van der Waals surface area contributed by atoms with Gasteiger partial charge in [-0.3, -0.25) is 0 Å². The van der Waals surface area contributed by atoms with E-state index < -0.39 is 12.6 Å². The van der Waals surface area contributed by atoms with Crippen LogP contribution in [0.2, 0.25) is 5.02 Å². The van der Waals surface area contributed by atoms with E-state index >= 15 is 0 Å². The largest absolute Gasteiger partial charge is 0.489 e. The fourth-order valence-corrected chi connectivity index (χ4v) is 2.39. The molecule has 0 aromatic heterocycles. The average molecular weight is 524 g/mol. The Morgan fingerprint density at radius 1 is 1.11 bits per heavy atom. The molecule has 3 N–H and O–H groups in total. The zero-order valence-electron chi connectivity index (χ0n) is 23.1. The Hall–Kier alpha value is -2.96. The number of carboxylic acid groups (broad SMARTS) is 1. The Balaban J connectivity index is -0.000000838. The molecule has 0 amide bonds. The summed E-state index contributed by atoms with van der Waals surface area (Å²) in [6.07, 6.45) is 13.7. The van der Waals surface area contributed by atoms with Gasteiger partial charge >= 0.3 is 5.97 Å². The molecule has 0 bridgehead atoms. The minimum Gasteiger partial charge on any atom is -0.489 e. The van der Waals surface area contributed by atoms with Crippen molar-refractivity contribution in [1.82, 2.24) is 0 Å². The van der Waals surface area contributed by atoms with E-state index in [4.69, 9.17) is 36.7 Å². The van der Waals surface area contributed by atoms with E-state index in [-0.39, 0.29) is 6.61 Å². The molecule has 0 atom stereocenters. The summed E-state index contributed by atoms with van der Waals surface area (Å²) in [6, 6.07) is 5.17. The number of rotatable bonds is 13. The number of allylic oxidation sites excluding steroid dienone is 5. The number of aliphatic carboxylic acids is 1. The van der Waals surface area contributed by atoms with Gasteiger partial charge in [0.1, 0.15) is 18.1 Å². The molecule has 0 aliphatic carbocycles. The number of carboxylic acids is 1. The summed E-state index contributed by atoms with van der Waals surface area (Å²) >= 11 is 6.09. The Morgan fingerprint density at radius 2 is 1.75 bits per heavy atom. The van der Waals surface area contributed by atoms with E-state index in [0.29, 0.717) is 35.3 Å². The number of carbonyl (C=O) groups is 1. The van der Waals surface area contributed by atoms with Gasteiger partial charge in [0.05, 0.1) is 18.2 Å². The first-order chi connectivity index (χ1) is 17.4. The number of para-hydroxylation sites is 1. The smallest absolute Gasteiger partial charge is 0.341 e. The number of hydrogen-bond donors (Lipinski definition) is 2. The third-order valence-corrected chi connectivity index (χ3v) is 3.97. The molecule has 0 fully saturated rings. The van der Waals surface area contributed by atoms with Crippen LogP contribution in [-0.2, 0) is 20.9 Å². The van der Waals surface area contributed by atoms with Crippen LogP contribution in [0.25, 0.3) is 0 Å². The van der Waals surface area contributed by atoms with Crippen LogP contribution in [0.5, 0.6) is 5.75 Å². The minimum absolute atomic E-state index is 0.193. The second-order valence-corrected chi connectivity index (χ2v) is 6.65. The Morgan fingerprint density at radius 3 is 2.25 bits per heavy atom. The van der Waals surface area contributed by atoms with Crippen molar-refractivity contribution in [2.75, 3.05) is 19.8 Å². The van der Waals surface area contributed by atoms with Crippen LogP contribution in [0.4, 0.5) is 0 Å². The van der Waals surface area contributed by atoms with Crippen LogP contribution in [0.15, 0.2) is 78.8 Å².